The van der Waals surface area contributed by atoms with E-state index in [9.17, 15) is 9.59 Å². The van der Waals surface area contributed by atoms with Gasteiger partial charge in [-0.2, -0.15) is 0 Å². The summed E-state index contributed by atoms with van der Waals surface area (Å²) in [5.74, 6) is 1.89. The molecule has 4 heterocycles. The molecule has 11 heteroatoms. The molecule has 1 aliphatic heterocycles. The number of amides is 2. The molecule has 2 amide bonds. The molecule has 10 nitrogen and oxygen atoms in total. The van der Waals surface area contributed by atoms with Gasteiger partial charge < -0.3 is 25.4 Å². The van der Waals surface area contributed by atoms with E-state index in [1.54, 1.807) is 19.4 Å². The van der Waals surface area contributed by atoms with Crippen molar-refractivity contribution in [2.24, 2.45) is 5.92 Å². The quantitative estimate of drug-likeness (QED) is 0.343. The molecule has 2 aliphatic rings. The van der Waals surface area contributed by atoms with E-state index >= 15 is 0 Å². The second kappa shape index (κ2) is 12.6. The first-order valence-corrected chi connectivity index (χ1v) is 15.1. The number of alkyl carbamates (subject to hydrolysis) is 1. The number of hydrogen-bond donors (Lipinski definition) is 3. The summed E-state index contributed by atoms with van der Waals surface area (Å²) in [5, 5.41) is 9.70. The van der Waals surface area contributed by atoms with Crippen molar-refractivity contribution in [2.75, 3.05) is 18.2 Å². The summed E-state index contributed by atoms with van der Waals surface area (Å²) >= 11 is 1.52. The molecule has 1 aliphatic carbocycles. The van der Waals surface area contributed by atoms with E-state index in [0.717, 1.165) is 52.9 Å². The number of anilines is 1. The Morgan fingerprint density at radius 2 is 1.93 bits per heavy atom. The monoisotopic (exact) mass is 578 g/mol. The van der Waals surface area contributed by atoms with E-state index in [4.69, 9.17) is 9.47 Å². The van der Waals surface area contributed by atoms with Gasteiger partial charge in [-0.1, -0.05) is 0 Å². The van der Waals surface area contributed by atoms with Gasteiger partial charge in [0.1, 0.15) is 11.4 Å². The maximum Gasteiger partial charge on any atom is 0.407 e. The van der Waals surface area contributed by atoms with Crippen LogP contribution in [-0.4, -0.2) is 57.5 Å². The average Bonchev–Trinajstić information content (AvgIpc) is 2.94. The minimum Gasteiger partial charge on any atom is -0.481 e. The molecule has 0 unspecified atom stereocenters. The minimum absolute atomic E-state index is 0.0114. The lowest BCUT2D eigenvalue weighted by Crippen LogP contribution is -2.46. The first kappa shape index (κ1) is 29.1. The normalized spacial score (nSPS) is 19.7. The molecule has 5 rings (SSSR count). The second-order valence-corrected chi connectivity index (χ2v) is 12.6. The van der Waals surface area contributed by atoms with E-state index in [1.165, 1.54) is 11.8 Å². The van der Waals surface area contributed by atoms with Crippen LogP contribution < -0.4 is 20.7 Å². The molecule has 218 valence electrons. The lowest BCUT2D eigenvalue weighted by molar-refractivity contribution is -0.113. The summed E-state index contributed by atoms with van der Waals surface area (Å²) in [5.41, 5.74) is 2.91. The third-order valence-electron chi connectivity index (χ3n) is 7.44. The fraction of sp³-hybridized carbons (Fsp3) is 0.500. The van der Waals surface area contributed by atoms with Crippen molar-refractivity contribution in [1.82, 2.24) is 25.6 Å². The van der Waals surface area contributed by atoms with Gasteiger partial charge in [0.2, 0.25) is 11.8 Å². The van der Waals surface area contributed by atoms with Crippen molar-refractivity contribution in [3.8, 4) is 5.88 Å². The third-order valence-corrected chi connectivity index (χ3v) is 8.49. The Hall–Kier alpha value is -3.44. The van der Waals surface area contributed by atoms with Crippen LogP contribution in [0.5, 0.6) is 5.88 Å². The van der Waals surface area contributed by atoms with Crippen LogP contribution in [0.2, 0.25) is 0 Å². The van der Waals surface area contributed by atoms with Crippen LogP contribution in [-0.2, 0) is 22.5 Å². The Morgan fingerprint density at radius 1 is 1.12 bits per heavy atom. The molecule has 3 aromatic rings. The Morgan fingerprint density at radius 3 is 2.68 bits per heavy atom. The first-order chi connectivity index (χ1) is 19.7. The van der Waals surface area contributed by atoms with Crippen molar-refractivity contribution >= 4 is 40.6 Å². The van der Waals surface area contributed by atoms with Gasteiger partial charge in [0.25, 0.3) is 0 Å². The maximum absolute atomic E-state index is 12.9. The number of thioether (sulfide) groups is 1. The summed E-state index contributed by atoms with van der Waals surface area (Å²) in [4.78, 5) is 39.4. The highest BCUT2D eigenvalue weighted by Gasteiger charge is 2.31. The molecule has 0 radical (unpaired) electrons. The van der Waals surface area contributed by atoms with E-state index in [1.807, 2.05) is 45.0 Å². The number of pyridine rings is 3. The number of ether oxygens (including phenoxy) is 2. The standard InChI is InChI=1S/C30H38N6O4S/c1-30(2,3)40-29(38)34-23(15-19-13-14-31-22-10-12-26(39-4)36-27(19)22)18-5-7-20(8-6-18)32-16-21-9-11-24-28(33-21)35-25(37)17-41-24/h9-14,18,20,23,32H,5-8,15-17H2,1-4H3,(H,34,38)(H,33,35,37)/t18-,20-,23-/m1/s1. The zero-order chi connectivity index (χ0) is 29.0. The Kier molecular flexibility index (Phi) is 8.94. The molecular weight excluding hydrogens is 540 g/mol. The highest BCUT2D eigenvalue weighted by atomic mass is 32.2. The number of methoxy groups -OCH3 is 1. The summed E-state index contributed by atoms with van der Waals surface area (Å²) in [6.45, 7) is 6.25. The van der Waals surface area contributed by atoms with Gasteiger partial charge >= 0.3 is 6.09 Å². The third kappa shape index (κ3) is 7.65. The van der Waals surface area contributed by atoms with Gasteiger partial charge in [0.05, 0.1) is 34.5 Å². The molecule has 3 N–H and O–H groups in total. The SMILES string of the molecule is COc1ccc2nccc(C[C@@H](NC(=O)OC(C)(C)C)[C@H]3CC[C@H](NCc4ccc5c(n4)NC(=O)CS5)CC3)c2n1. The molecule has 41 heavy (non-hydrogen) atoms. The van der Waals surface area contributed by atoms with Gasteiger partial charge in [-0.15, -0.1) is 11.8 Å². The van der Waals surface area contributed by atoms with Crippen LogP contribution in [0, 0.1) is 5.92 Å². The summed E-state index contributed by atoms with van der Waals surface area (Å²) in [6, 6.07) is 9.96. The largest absolute Gasteiger partial charge is 0.481 e. The Labute approximate surface area is 244 Å². The molecule has 3 aromatic heterocycles. The minimum atomic E-state index is -0.583. The van der Waals surface area contributed by atoms with E-state index < -0.39 is 11.7 Å². The lowest BCUT2D eigenvalue weighted by Gasteiger charge is -2.35. The van der Waals surface area contributed by atoms with Crippen LogP contribution in [0.3, 0.4) is 0 Å². The Balaban J connectivity index is 1.25. The number of nitrogens with one attached hydrogen (secondary N) is 3. The van der Waals surface area contributed by atoms with Gasteiger partial charge in [-0.05, 0) is 88.6 Å². The van der Waals surface area contributed by atoms with Crippen molar-refractivity contribution in [3.05, 3.63) is 47.8 Å². The number of rotatable bonds is 8. The van der Waals surface area contributed by atoms with Crippen molar-refractivity contribution < 1.29 is 19.1 Å². The van der Waals surface area contributed by atoms with Crippen LogP contribution >= 0.6 is 11.8 Å². The average molecular weight is 579 g/mol. The predicted molar refractivity (Wildman–Crippen MR) is 159 cm³/mol. The highest BCUT2D eigenvalue weighted by Crippen LogP contribution is 2.32. The fourth-order valence-electron chi connectivity index (χ4n) is 5.45. The van der Waals surface area contributed by atoms with E-state index in [0.29, 0.717) is 36.5 Å². The molecule has 1 saturated carbocycles. The molecule has 1 atom stereocenters. The first-order valence-electron chi connectivity index (χ1n) is 14.1. The number of carbonyl (C=O) groups is 2. The predicted octanol–water partition coefficient (Wildman–Crippen LogP) is 4.86. The summed E-state index contributed by atoms with van der Waals surface area (Å²) < 4.78 is 11.0. The number of hydrogen-bond acceptors (Lipinski definition) is 9. The number of carbonyl (C=O) groups excluding carboxylic acids is 2. The smallest absolute Gasteiger partial charge is 0.407 e. The van der Waals surface area contributed by atoms with Crippen molar-refractivity contribution in [2.45, 2.75) is 82.0 Å². The van der Waals surface area contributed by atoms with Gasteiger partial charge in [0, 0.05) is 30.9 Å². The zero-order valence-electron chi connectivity index (χ0n) is 24.0. The van der Waals surface area contributed by atoms with Crippen LogP contribution in [0.1, 0.15) is 57.7 Å². The second-order valence-electron chi connectivity index (χ2n) is 11.6. The summed E-state index contributed by atoms with van der Waals surface area (Å²) in [6.07, 6.45) is 5.88. The van der Waals surface area contributed by atoms with Crippen LogP contribution in [0.25, 0.3) is 11.0 Å². The molecule has 1 fully saturated rings. The fourth-order valence-corrected chi connectivity index (χ4v) is 6.20. The highest BCUT2D eigenvalue weighted by molar-refractivity contribution is 8.00. The maximum atomic E-state index is 12.9. The van der Waals surface area contributed by atoms with Crippen molar-refractivity contribution in [1.29, 1.82) is 0 Å². The number of nitrogens with zero attached hydrogens (tertiary/aromatic N) is 3. The van der Waals surface area contributed by atoms with E-state index in [2.05, 4.69) is 30.9 Å². The molecule has 0 aromatic carbocycles. The molecule has 0 bridgehead atoms. The molecule has 0 saturated heterocycles. The summed E-state index contributed by atoms with van der Waals surface area (Å²) in [7, 11) is 1.60. The zero-order valence-corrected chi connectivity index (χ0v) is 24.8. The number of aromatic nitrogens is 3. The number of fused-ring (bicyclic) bond motifs is 2. The van der Waals surface area contributed by atoms with Crippen LogP contribution in [0.4, 0.5) is 10.6 Å². The van der Waals surface area contributed by atoms with Gasteiger partial charge in [-0.3, -0.25) is 9.78 Å². The van der Waals surface area contributed by atoms with Gasteiger partial charge in [-0.25, -0.2) is 14.8 Å². The Bertz CT molecular complexity index is 1400. The van der Waals surface area contributed by atoms with Crippen LogP contribution in [0.15, 0.2) is 41.4 Å². The lowest BCUT2D eigenvalue weighted by atomic mass is 9.79. The van der Waals surface area contributed by atoms with Crippen molar-refractivity contribution in [3.63, 3.8) is 0 Å². The topological polar surface area (TPSA) is 127 Å². The molecule has 0 spiro atoms. The molecular formula is C30H38N6O4S. The van der Waals surface area contributed by atoms with Gasteiger partial charge in [0.15, 0.2) is 0 Å². The van der Waals surface area contributed by atoms with E-state index in [-0.39, 0.29) is 17.9 Å².